The Balaban J connectivity index is 2.93. The number of nitrogens with zero attached hydrogens (tertiary/aromatic N) is 1. The number of rotatable bonds is 7. The lowest BCUT2D eigenvalue weighted by Crippen LogP contribution is -1.91. The molecule has 0 heterocycles. The van der Waals surface area contributed by atoms with Crippen LogP contribution in [0.1, 0.15) is 12.5 Å². The summed E-state index contributed by atoms with van der Waals surface area (Å²) in [5.74, 6) is 1.97. The van der Waals surface area contributed by atoms with Gasteiger partial charge in [0.1, 0.15) is 17.6 Å². The highest BCUT2D eigenvalue weighted by atomic mass is 32.2. The van der Waals surface area contributed by atoms with Gasteiger partial charge in [-0.3, -0.25) is 0 Å². The van der Waals surface area contributed by atoms with Gasteiger partial charge in [-0.1, -0.05) is 18.7 Å². The number of ether oxygens (including phenoxy) is 2. The smallest absolute Gasteiger partial charge is 0.134 e. The molecule has 0 fully saturated rings. The molecule has 0 spiro atoms. The fourth-order valence-electron chi connectivity index (χ4n) is 1.54. The second-order valence-electron chi connectivity index (χ2n) is 4.35. The molecule has 0 bridgehead atoms. The van der Waals surface area contributed by atoms with Crippen LogP contribution in [0, 0.1) is 11.3 Å². The number of methoxy groups -OCH3 is 2. The zero-order chi connectivity index (χ0) is 16.5. The van der Waals surface area contributed by atoms with E-state index in [0.29, 0.717) is 11.5 Å². The van der Waals surface area contributed by atoms with E-state index in [1.165, 1.54) is 24.9 Å². The van der Waals surface area contributed by atoms with E-state index < -0.39 is 0 Å². The van der Waals surface area contributed by atoms with Crippen LogP contribution in [0.3, 0.4) is 0 Å². The summed E-state index contributed by atoms with van der Waals surface area (Å²) in [6.07, 6.45) is 5.56. The Kier molecular flexibility index (Phi) is 7.14. The van der Waals surface area contributed by atoms with E-state index in [1.54, 1.807) is 19.3 Å². The molecule has 0 radical (unpaired) electrons. The molecule has 0 amide bonds. The Labute approximate surface area is 135 Å². The average molecular weight is 317 g/mol. The predicted octanol–water partition coefficient (Wildman–Crippen LogP) is 4.03. The van der Waals surface area contributed by atoms with Crippen molar-refractivity contribution in [2.24, 2.45) is 0 Å². The van der Waals surface area contributed by atoms with Crippen LogP contribution in [-0.4, -0.2) is 25.1 Å². The molecular weight excluding hydrogens is 298 g/mol. The minimum Gasteiger partial charge on any atom is -0.507 e. The summed E-state index contributed by atoms with van der Waals surface area (Å²) < 4.78 is 10.3. The van der Waals surface area contributed by atoms with Crippen molar-refractivity contribution in [3.63, 3.8) is 0 Å². The Morgan fingerprint density at radius 1 is 1.41 bits per heavy atom. The summed E-state index contributed by atoms with van der Waals surface area (Å²) in [6, 6.07) is 5.00. The van der Waals surface area contributed by atoms with Crippen molar-refractivity contribution >= 4 is 11.8 Å². The highest BCUT2D eigenvalue weighted by Crippen LogP contribution is 2.35. The fraction of sp³-hybridized carbons (Fsp3) is 0.235. The van der Waals surface area contributed by atoms with Gasteiger partial charge in [0.15, 0.2) is 0 Å². The van der Waals surface area contributed by atoms with Crippen molar-refractivity contribution in [2.75, 3.05) is 20.0 Å². The summed E-state index contributed by atoms with van der Waals surface area (Å²) in [7, 11) is 3.15. The molecule has 4 nitrogen and oxygen atoms in total. The van der Waals surface area contributed by atoms with Crippen molar-refractivity contribution < 1.29 is 14.6 Å². The number of benzene rings is 1. The predicted molar refractivity (Wildman–Crippen MR) is 89.1 cm³/mol. The van der Waals surface area contributed by atoms with Crippen molar-refractivity contribution in [3.8, 4) is 17.6 Å². The first-order chi connectivity index (χ1) is 10.5. The molecule has 1 aromatic rings. The van der Waals surface area contributed by atoms with Crippen LogP contribution in [0.2, 0.25) is 0 Å². The SMILES string of the molecule is C=C/C(=C\C=C(/C)OC)CSc1cc(O)c(C#N)cc1OC. The zero-order valence-electron chi connectivity index (χ0n) is 12.9. The third-order valence-electron chi connectivity index (χ3n) is 2.91. The van der Waals surface area contributed by atoms with E-state index >= 15 is 0 Å². The van der Waals surface area contributed by atoms with Crippen LogP contribution in [-0.2, 0) is 4.74 Å². The number of phenolic OH excluding ortho intramolecular Hbond substituents is 1. The van der Waals surface area contributed by atoms with E-state index in [2.05, 4.69) is 6.58 Å². The van der Waals surface area contributed by atoms with Gasteiger partial charge in [-0.15, -0.1) is 11.8 Å². The molecule has 1 rings (SSSR count). The van der Waals surface area contributed by atoms with Gasteiger partial charge in [-0.25, -0.2) is 0 Å². The first kappa shape index (κ1) is 17.7. The van der Waals surface area contributed by atoms with Crippen molar-refractivity contribution in [3.05, 3.63) is 53.8 Å². The summed E-state index contributed by atoms with van der Waals surface area (Å²) in [4.78, 5) is 0.763. The Hall–Kier alpha value is -2.32. The number of nitriles is 1. The van der Waals surface area contributed by atoms with Crippen LogP contribution in [0.25, 0.3) is 0 Å². The van der Waals surface area contributed by atoms with E-state index in [1.807, 2.05) is 25.1 Å². The van der Waals surface area contributed by atoms with Gasteiger partial charge in [0.05, 0.1) is 30.4 Å². The van der Waals surface area contributed by atoms with Crippen LogP contribution < -0.4 is 4.74 Å². The average Bonchev–Trinajstić information content (AvgIpc) is 2.54. The third-order valence-corrected chi connectivity index (χ3v) is 4.02. The minimum absolute atomic E-state index is 0.0509. The molecule has 0 aliphatic heterocycles. The monoisotopic (exact) mass is 317 g/mol. The molecule has 1 aromatic carbocycles. The Morgan fingerprint density at radius 3 is 2.68 bits per heavy atom. The topological polar surface area (TPSA) is 62.5 Å². The number of thioether (sulfide) groups is 1. The molecule has 0 saturated heterocycles. The Bertz CT molecular complexity index is 642. The number of phenols is 1. The molecule has 116 valence electrons. The first-order valence-corrected chi connectivity index (χ1v) is 7.52. The van der Waals surface area contributed by atoms with Crippen LogP contribution in [0.4, 0.5) is 0 Å². The lowest BCUT2D eigenvalue weighted by Gasteiger charge is -2.10. The van der Waals surface area contributed by atoms with Gasteiger partial charge in [0.25, 0.3) is 0 Å². The van der Waals surface area contributed by atoms with Crippen LogP contribution >= 0.6 is 11.8 Å². The first-order valence-electron chi connectivity index (χ1n) is 6.53. The molecule has 0 aliphatic carbocycles. The lowest BCUT2D eigenvalue weighted by atomic mass is 10.2. The summed E-state index contributed by atoms with van der Waals surface area (Å²) in [6.45, 7) is 5.66. The van der Waals surface area contributed by atoms with Crippen molar-refractivity contribution in [1.82, 2.24) is 0 Å². The summed E-state index contributed by atoms with van der Waals surface area (Å²) in [5, 5.41) is 18.7. The Morgan fingerprint density at radius 2 is 2.14 bits per heavy atom. The number of aromatic hydroxyl groups is 1. The molecule has 0 aromatic heterocycles. The van der Waals surface area contributed by atoms with Crippen molar-refractivity contribution in [1.29, 1.82) is 5.26 Å². The molecule has 0 atom stereocenters. The quantitative estimate of drug-likeness (QED) is 0.467. The van der Waals surface area contributed by atoms with E-state index in [9.17, 15) is 5.11 Å². The highest BCUT2D eigenvalue weighted by Gasteiger charge is 2.10. The standard InChI is InChI=1S/C17H19NO3S/c1-5-13(7-6-12(2)20-3)11-22-17-9-15(19)14(10-18)8-16(17)21-4/h5-9,19H,1,11H2,2-4H3/b12-6+,13-7+. The normalized spacial score (nSPS) is 11.7. The molecule has 0 saturated carbocycles. The van der Waals surface area contributed by atoms with Gasteiger partial charge in [-0.05, 0) is 24.6 Å². The van der Waals surface area contributed by atoms with Gasteiger partial charge in [0.2, 0.25) is 0 Å². The summed E-state index contributed by atoms with van der Waals surface area (Å²) >= 11 is 1.49. The number of hydrogen-bond acceptors (Lipinski definition) is 5. The maximum absolute atomic E-state index is 9.79. The molecule has 1 N–H and O–H groups in total. The van der Waals surface area contributed by atoms with Crippen LogP contribution in [0.15, 0.2) is 53.2 Å². The molecule has 5 heteroatoms. The largest absolute Gasteiger partial charge is 0.507 e. The second-order valence-corrected chi connectivity index (χ2v) is 5.37. The van der Waals surface area contributed by atoms with Crippen molar-refractivity contribution in [2.45, 2.75) is 11.8 Å². The lowest BCUT2D eigenvalue weighted by molar-refractivity contribution is 0.294. The van der Waals surface area contributed by atoms with Gasteiger partial charge >= 0.3 is 0 Å². The minimum atomic E-state index is -0.0509. The molecule has 0 aliphatic rings. The highest BCUT2D eigenvalue weighted by molar-refractivity contribution is 7.99. The van der Waals surface area contributed by atoms with Gasteiger partial charge < -0.3 is 14.6 Å². The zero-order valence-corrected chi connectivity index (χ0v) is 13.7. The number of hydrogen-bond donors (Lipinski definition) is 1. The van der Waals surface area contributed by atoms with E-state index in [-0.39, 0.29) is 11.3 Å². The molecule has 0 unspecified atom stereocenters. The maximum Gasteiger partial charge on any atom is 0.134 e. The number of allylic oxidation sites excluding steroid dienone is 4. The fourth-order valence-corrected chi connectivity index (χ4v) is 2.56. The third kappa shape index (κ3) is 4.90. The van der Waals surface area contributed by atoms with Gasteiger partial charge in [0, 0.05) is 11.8 Å². The van der Waals surface area contributed by atoms with Crippen LogP contribution in [0.5, 0.6) is 11.5 Å². The molecule has 22 heavy (non-hydrogen) atoms. The molecular formula is C17H19NO3S. The van der Waals surface area contributed by atoms with E-state index in [0.717, 1.165) is 16.2 Å². The second kappa shape index (κ2) is 8.85. The van der Waals surface area contributed by atoms with Gasteiger partial charge in [-0.2, -0.15) is 5.26 Å². The van der Waals surface area contributed by atoms with E-state index in [4.69, 9.17) is 14.7 Å². The maximum atomic E-state index is 9.79. The summed E-state index contributed by atoms with van der Waals surface area (Å²) in [5.41, 5.74) is 1.20.